The molecule has 0 saturated heterocycles. The van der Waals surface area contributed by atoms with Gasteiger partial charge in [-0.2, -0.15) is 4.31 Å². The molecule has 0 radical (unpaired) electrons. The lowest BCUT2D eigenvalue weighted by Gasteiger charge is -2.19. The fourth-order valence-electron chi connectivity index (χ4n) is 1.95. The van der Waals surface area contributed by atoms with Crippen molar-refractivity contribution in [3.05, 3.63) is 24.3 Å². The summed E-state index contributed by atoms with van der Waals surface area (Å²) < 4.78 is 29.4. The van der Waals surface area contributed by atoms with Crippen LogP contribution in [0.2, 0.25) is 0 Å². The average molecular weight is 357 g/mol. The van der Waals surface area contributed by atoms with Gasteiger partial charge in [0.05, 0.1) is 12.8 Å². The predicted molar refractivity (Wildman–Crippen MR) is 92.3 cm³/mol. The Morgan fingerprint density at radius 2 is 1.67 bits per heavy atom. The maximum absolute atomic E-state index is 12.0. The van der Waals surface area contributed by atoms with Crippen LogP contribution in [0.1, 0.15) is 13.3 Å². The maximum Gasteiger partial charge on any atom is 0.239 e. The molecule has 9 heteroatoms. The third-order valence-corrected chi connectivity index (χ3v) is 4.28. The molecule has 0 aliphatic heterocycles. The topological polar surface area (TPSA) is 105 Å². The van der Waals surface area contributed by atoms with Crippen molar-refractivity contribution in [2.75, 3.05) is 43.7 Å². The van der Waals surface area contributed by atoms with Crippen LogP contribution in [0.3, 0.4) is 0 Å². The molecule has 0 bridgehead atoms. The number of rotatable bonds is 9. The molecule has 0 heterocycles. The summed E-state index contributed by atoms with van der Waals surface area (Å²) in [7, 11) is -1.95. The van der Waals surface area contributed by atoms with Gasteiger partial charge in [-0.05, 0) is 30.7 Å². The van der Waals surface area contributed by atoms with Crippen LogP contribution in [0, 0.1) is 0 Å². The fourth-order valence-corrected chi connectivity index (χ4v) is 2.76. The molecule has 0 aromatic heterocycles. The lowest BCUT2D eigenvalue weighted by molar-refractivity contribution is -0.116. The van der Waals surface area contributed by atoms with Crippen LogP contribution in [0.25, 0.3) is 0 Å². The largest absolute Gasteiger partial charge is 0.385 e. The van der Waals surface area contributed by atoms with Crippen LogP contribution < -0.4 is 10.6 Å². The monoisotopic (exact) mass is 357 g/mol. The minimum atomic E-state index is -3.48. The number of amides is 2. The summed E-state index contributed by atoms with van der Waals surface area (Å²) >= 11 is 0. The molecule has 2 amide bonds. The van der Waals surface area contributed by atoms with E-state index < -0.39 is 15.9 Å². The lowest BCUT2D eigenvalue weighted by Crippen LogP contribution is -2.38. The second-order valence-corrected chi connectivity index (χ2v) is 7.23. The minimum Gasteiger partial charge on any atom is -0.385 e. The van der Waals surface area contributed by atoms with Gasteiger partial charge in [-0.3, -0.25) is 9.59 Å². The lowest BCUT2D eigenvalue weighted by atomic mass is 10.2. The van der Waals surface area contributed by atoms with Crippen LogP contribution in [-0.4, -0.2) is 57.6 Å². The van der Waals surface area contributed by atoms with Crippen LogP contribution in [0.5, 0.6) is 0 Å². The van der Waals surface area contributed by atoms with Crippen LogP contribution in [0.4, 0.5) is 11.4 Å². The molecule has 0 unspecified atom stereocenters. The van der Waals surface area contributed by atoms with Gasteiger partial charge in [0.25, 0.3) is 0 Å². The van der Waals surface area contributed by atoms with Gasteiger partial charge in [-0.25, -0.2) is 8.42 Å². The van der Waals surface area contributed by atoms with Crippen LogP contribution in [0.15, 0.2) is 24.3 Å². The summed E-state index contributed by atoms with van der Waals surface area (Å²) in [6, 6.07) is 6.53. The first-order valence-electron chi connectivity index (χ1n) is 7.34. The quantitative estimate of drug-likeness (QED) is 0.639. The third-order valence-electron chi connectivity index (χ3n) is 3.03. The van der Waals surface area contributed by atoms with E-state index >= 15 is 0 Å². The van der Waals surface area contributed by atoms with Gasteiger partial charge in [-0.1, -0.05) is 0 Å². The first-order chi connectivity index (χ1) is 11.2. The van der Waals surface area contributed by atoms with Crippen molar-refractivity contribution < 1.29 is 22.7 Å². The van der Waals surface area contributed by atoms with E-state index in [4.69, 9.17) is 4.74 Å². The second kappa shape index (κ2) is 9.36. The Balaban J connectivity index is 2.63. The highest BCUT2D eigenvalue weighted by Gasteiger charge is 2.19. The van der Waals surface area contributed by atoms with E-state index in [-0.39, 0.29) is 19.0 Å². The highest BCUT2D eigenvalue weighted by molar-refractivity contribution is 7.88. The van der Waals surface area contributed by atoms with Crippen molar-refractivity contribution in [2.45, 2.75) is 13.3 Å². The molecule has 2 N–H and O–H groups in total. The molecule has 0 saturated carbocycles. The molecule has 8 nitrogen and oxygen atoms in total. The molecular weight excluding hydrogens is 334 g/mol. The molecule has 134 valence electrons. The minimum absolute atomic E-state index is 0.188. The van der Waals surface area contributed by atoms with Crippen molar-refractivity contribution in [2.24, 2.45) is 0 Å². The SMILES string of the molecule is COCCCN(CC(=O)Nc1ccc(NC(C)=O)cc1)S(C)(=O)=O. The number of ether oxygens (including phenoxy) is 1. The Bertz CT molecular complexity index is 658. The van der Waals surface area contributed by atoms with Crippen molar-refractivity contribution in [3.8, 4) is 0 Å². The van der Waals surface area contributed by atoms with E-state index in [1.165, 1.54) is 14.0 Å². The van der Waals surface area contributed by atoms with E-state index in [1.54, 1.807) is 24.3 Å². The van der Waals surface area contributed by atoms with Gasteiger partial charge in [0.2, 0.25) is 21.8 Å². The number of carbonyl (C=O) groups excluding carboxylic acids is 2. The number of carbonyl (C=O) groups is 2. The van der Waals surface area contributed by atoms with Crippen molar-refractivity contribution >= 4 is 33.2 Å². The summed E-state index contributed by atoms with van der Waals surface area (Å²) in [5.41, 5.74) is 1.12. The number of anilines is 2. The Morgan fingerprint density at radius 1 is 1.12 bits per heavy atom. The molecule has 0 fully saturated rings. The molecule has 1 aromatic carbocycles. The number of benzene rings is 1. The second-order valence-electron chi connectivity index (χ2n) is 5.25. The molecule has 0 atom stereocenters. The summed E-state index contributed by atoms with van der Waals surface area (Å²) in [5, 5.41) is 5.24. The Hall–Kier alpha value is -1.97. The van der Waals surface area contributed by atoms with Crippen molar-refractivity contribution in [1.29, 1.82) is 0 Å². The van der Waals surface area contributed by atoms with Crippen LogP contribution in [-0.2, 0) is 24.3 Å². The van der Waals surface area contributed by atoms with E-state index in [1.807, 2.05) is 0 Å². The standard InChI is InChI=1S/C15H23N3O5S/c1-12(19)16-13-5-7-14(8-6-13)17-15(20)11-18(24(3,21)22)9-4-10-23-2/h5-8H,4,9-11H2,1-3H3,(H,16,19)(H,17,20). The van der Waals surface area contributed by atoms with Gasteiger partial charge in [0.15, 0.2) is 0 Å². The highest BCUT2D eigenvalue weighted by atomic mass is 32.2. The van der Waals surface area contributed by atoms with Gasteiger partial charge in [-0.15, -0.1) is 0 Å². The summed E-state index contributed by atoms with van der Waals surface area (Å²) in [6.45, 7) is 1.76. The number of hydrogen-bond acceptors (Lipinski definition) is 5. The first kappa shape index (κ1) is 20.1. The maximum atomic E-state index is 12.0. The molecule has 24 heavy (non-hydrogen) atoms. The zero-order valence-corrected chi connectivity index (χ0v) is 14.9. The van der Waals surface area contributed by atoms with E-state index in [9.17, 15) is 18.0 Å². The van der Waals surface area contributed by atoms with Gasteiger partial charge >= 0.3 is 0 Å². The number of methoxy groups -OCH3 is 1. The summed E-state index contributed by atoms with van der Waals surface area (Å²) in [5.74, 6) is -0.628. The molecule has 1 rings (SSSR count). The van der Waals surface area contributed by atoms with Crippen molar-refractivity contribution in [3.63, 3.8) is 0 Å². The number of nitrogens with one attached hydrogen (secondary N) is 2. The molecule has 0 spiro atoms. The number of sulfonamides is 1. The summed E-state index contributed by atoms with van der Waals surface area (Å²) in [4.78, 5) is 23.0. The van der Waals surface area contributed by atoms with E-state index in [0.29, 0.717) is 24.4 Å². The van der Waals surface area contributed by atoms with E-state index in [2.05, 4.69) is 10.6 Å². The normalized spacial score (nSPS) is 11.3. The molecular formula is C15H23N3O5S. The average Bonchev–Trinajstić information content (AvgIpc) is 2.47. The zero-order valence-electron chi connectivity index (χ0n) is 14.0. The van der Waals surface area contributed by atoms with Crippen LogP contribution >= 0.6 is 0 Å². The Morgan fingerprint density at radius 3 is 2.12 bits per heavy atom. The predicted octanol–water partition coefficient (Wildman–Crippen LogP) is 0.882. The van der Waals surface area contributed by atoms with E-state index in [0.717, 1.165) is 10.6 Å². The van der Waals surface area contributed by atoms with Gasteiger partial charge in [0.1, 0.15) is 0 Å². The van der Waals surface area contributed by atoms with Crippen molar-refractivity contribution in [1.82, 2.24) is 4.31 Å². The molecule has 1 aromatic rings. The summed E-state index contributed by atoms with van der Waals surface area (Å²) in [6.07, 6.45) is 1.57. The Labute approximate surface area is 142 Å². The smallest absolute Gasteiger partial charge is 0.239 e. The first-order valence-corrected chi connectivity index (χ1v) is 9.19. The van der Waals surface area contributed by atoms with Gasteiger partial charge < -0.3 is 15.4 Å². The number of hydrogen-bond donors (Lipinski definition) is 2. The molecule has 0 aliphatic carbocycles. The Kier molecular flexibility index (Phi) is 7.83. The number of nitrogens with zero attached hydrogens (tertiary/aromatic N) is 1. The third kappa shape index (κ3) is 7.53. The van der Waals surface area contributed by atoms with Gasteiger partial charge in [0, 0.05) is 38.6 Å². The fraction of sp³-hybridized carbons (Fsp3) is 0.467. The molecule has 0 aliphatic rings. The zero-order chi connectivity index (χ0) is 18.2. The highest BCUT2D eigenvalue weighted by Crippen LogP contribution is 2.13.